The van der Waals surface area contributed by atoms with Gasteiger partial charge in [-0.25, -0.2) is 8.42 Å². The Hall–Kier alpha value is -3.39. The number of hydrogen-bond donors (Lipinski definition) is 3. The van der Waals surface area contributed by atoms with Crippen molar-refractivity contribution in [2.24, 2.45) is 0 Å². The lowest BCUT2D eigenvalue weighted by atomic mass is 10.2. The highest BCUT2D eigenvalue weighted by atomic mass is 32.2. The average molecular weight is 394 g/mol. The Morgan fingerprint density at radius 1 is 0.964 bits per heavy atom. The van der Waals surface area contributed by atoms with Gasteiger partial charge in [0.1, 0.15) is 0 Å². The van der Waals surface area contributed by atoms with E-state index in [1.165, 1.54) is 12.1 Å². The number of nitrogens with one attached hydrogen (secondary N) is 3. The Balaban J connectivity index is 1.43. The van der Waals surface area contributed by atoms with Gasteiger partial charge in [-0.1, -0.05) is 0 Å². The predicted octanol–water partition coefficient (Wildman–Crippen LogP) is 2.99. The molecule has 0 saturated heterocycles. The molecule has 28 heavy (non-hydrogen) atoms. The van der Waals surface area contributed by atoms with E-state index in [9.17, 15) is 13.2 Å². The third-order valence-electron chi connectivity index (χ3n) is 4.40. The van der Waals surface area contributed by atoms with E-state index in [-0.39, 0.29) is 17.2 Å². The van der Waals surface area contributed by atoms with Gasteiger partial charge in [-0.2, -0.15) is 0 Å². The number of benzene rings is 2. The lowest BCUT2D eigenvalue weighted by Crippen LogP contribution is -2.13. The first-order valence-electron chi connectivity index (χ1n) is 8.68. The van der Waals surface area contributed by atoms with Crippen LogP contribution in [0.4, 0.5) is 17.1 Å². The largest absolute Gasteiger partial charge is 0.381 e. The van der Waals surface area contributed by atoms with Crippen LogP contribution in [-0.2, 0) is 27.8 Å². The normalized spacial score (nSPS) is 12.9. The summed E-state index contributed by atoms with van der Waals surface area (Å²) < 4.78 is 27.9. The van der Waals surface area contributed by atoms with Crippen molar-refractivity contribution in [3.05, 3.63) is 78.1 Å². The fourth-order valence-corrected chi connectivity index (χ4v) is 4.06. The summed E-state index contributed by atoms with van der Waals surface area (Å²) in [6, 6.07) is 15.5. The molecule has 0 bridgehead atoms. The van der Waals surface area contributed by atoms with Crippen molar-refractivity contribution in [2.75, 3.05) is 15.4 Å². The number of rotatable bonds is 6. The summed E-state index contributed by atoms with van der Waals surface area (Å²) in [5.41, 5.74) is 3.78. The summed E-state index contributed by atoms with van der Waals surface area (Å²) in [5.74, 6) is -0.132. The summed E-state index contributed by atoms with van der Waals surface area (Å²) in [5, 5.41) is 5.96. The molecule has 1 aliphatic rings. The topological polar surface area (TPSA) is 100 Å². The highest BCUT2D eigenvalue weighted by Crippen LogP contribution is 2.27. The predicted molar refractivity (Wildman–Crippen MR) is 108 cm³/mol. The Morgan fingerprint density at radius 2 is 1.68 bits per heavy atom. The van der Waals surface area contributed by atoms with E-state index in [2.05, 4.69) is 20.3 Å². The number of nitrogens with zero attached hydrogens (tertiary/aromatic N) is 1. The van der Waals surface area contributed by atoms with Crippen molar-refractivity contribution in [3.63, 3.8) is 0 Å². The molecule has 0 spiro atoms. The zero-order valence-corrected chi connectivity index (χ0v) is 15.7. The van der Waals surface area contributed by atoms with Crippen LogP contribution in [0.15, 0.2) is 71.9 Å². The van der Waals surface area contributed by atoms with Crippen LogP contribution in [0.2, 0.25) is 0 Å². The molecule has 0 unspecified atom stereocenters. The Kier molecular flexibility index (Phi) is 4.70. The Morgan fingerprint density at radius 3 is 2.43 bits per heavy atom. The van der Waals surface area contributed by atoms with Crippen molar-refractivity contribution in [1.82, 2.24) is 4.98 Å². The number of carbonyl (C=O) groups excluding carboxylic acids is 1. The van der Waals surface area contributed by atoms with Crippen molar-refractivity contribution in [1.29, 1.82) is 0 Å². The molecule has 7 nitrogen and oxygen atoms in total. The van der Waals surface area contributed by atoms with Gasteiger partial charge in [-0.05, 0) is 65.7 Å². The third-order valence-corrected chi connectivity index (χ3v) is 5.77. The number of sulfonamides is 1. The number of anilines is 3. The van der Waals surface area contributed by atoms with Gasteiger partial charge in [0.2, 0.25) is 5.91 Å². The monoisotopic (exact) mass is 394 g/mol. The molecule has 0 aliphatic carbocycles. The molecular formula is C20H18N4O3S. The van der Waals surface area contributed by atoms with Crippen LogP contribution < -0.4 is 15.4 Å². The third kappa shape index (κ3) is 3.96. The molecule has 1 aliphatic heterocycles. The number of aromatic nitrogens is 1. The lowest BCUT2D eigenvalue weighted by Gasteiger charge is -2.11. The zero-order valence-electron chi connectivity index (χ0n) is 14.8. The van der Waals surface area contributed by atoms with Crippen LogP contribution in [-0.4, -0.2) is 19.3 Å². The number of fused-ring (bicyclic) bond motifs is 1. The van der Waals surface area contributed by atoms with Crippen molar-refractivity contribution in [2.45, 2.75) is 17.9 Å². The van der Waals surface area contributed by atoms with E-state index in [0.717, 1.165) is 11.3 Å². The minimum absolute atomic E-state index is 0.127. The minimum Gasteiger partial charge on any atom is -0.381 e. The fourth-order valence-electron chi connectivity index (χ4n) is 2.95. The van der Waals surface area contributed by atoms with Crippen LogP contribution >= 0.6 is 0 Å². The summed E-state index contributed by atoms with van der Waals surface area (Å²) in [4.78, 5) is 15.6. The van der Waals surface area contributed by atoms with Gasteiger partial charge in [0, 0.05) is 36.0 Å². The van der Waals surface area contributed by atoms with Gasteiger partial charge in [-0.15, -0.1) is 0 Å². The standard InChI is InChI=1S/C20H18N4O3S/c25-20-12-15-11-18(5-6-19(15)23-20)28(26,27)24-17-3-1-16(2-4-17)22-13-14-7-9-21-10-8-14/h1-11,22,24H,12-13H2,(H,23,25). The average Bonchev–Trinajstić information content (AvgIpc) is 3.07. The number of pyridine rings is 1. The van der Waals surface area contributed by atoms with Crippen molar-refractivity contribution < 1.29 is 13.2 Å². The van der Waals surface area contributed by atoms with Gasteiger partial charge in [-0.3, -0.25) is 14.5 Å². The van der Waals surface area contributed by atoms with Crippen LogP contribution in [0.1, 0.15) is 11.1 Å². The minimum atomic E-state index is -3.74. The van der Waals surface area contributed by atoms with Crippen LogP contribution in [0.3, 0.4) is 0 Å². The molecule has 8 heteroatoms. The van der Waals surface area contributed by atoms with E-state index in [1.807, 2.05) is 24.3 Å². The van der Waals surface area contributed by atoms with Crippen LogP contribution in [0.25, 0.3) is 0 Å². The van der Waals surface area contributed by atoms with E-state index < -0.39 is 10.0 Å². The van der Waals surface area contributed by atoms with Gasteiger partial charge in [0.25, 0.3) is 10.0 Å². The van der Waals surface area contributed by atoms with Gasteiger partial charge < -0.3 is 10.6 Å². The van der Waals surface area contributed by atoms with Crippen LogP contribution in [0, 0.1) is 0 Å². The van der Waals surface area contributed by atoms with Crippen molar-refractivity contribution >= 4 is 33.0 Å². The quantitative estimate of drug-likeness (QED) is 0.597. The molecule has 3 N–H and O–H groups in total. The SMILES string of the molecule is O=C1Cc2cc(S(=O)(=O)Nc3ccc(NCc4ccncc4)cc3)ccc2N1. The second-order valence-electron chi connectivity index (χ2n) is 6.44. The maximum absolute atomic E-state index is 12.6. The molecule has 2 aromatic carbocycles. The fraction of sp³-hybridized carbons (Fsp3) is 0.100. The maximum Gasteiger partial charge on any atom is 0.261 e. The molecule has 0 saturated carbocycles. The van der Waals surface area contributed by atoms with Gasteiger partial charge in [0.05, 0.1) is 11.3 Å². The van der Waals surface area contributed by atoms with Gasteiger partial charge >= 0.3 is 0 Å². The summed E-state index contributed by atoms with van der Waals surface area (Å²) >= 11 is 0. The number of hydrogen-bond acceptors (Lipinski definition) is 5. The molecule has 1 amide bonds. The summed E-state index contributed by atoms with van der Waals surface area (Å²) in [6.07, 6.45) is 3.66. The smallest absolute Gasteiger partial charge is 0.261 e. The highest BCUT2D eigenvalue weighted by molar-refractivity contribution is 7.92. The maximum atomic E-state index is 12.6. The Labute approximate surface area is 162 Å². The van der Waals surface area contributed by atoms with E-state index in [1.54, 1.807) is 30.6 Å². The van der Waals surface area contributed by atoms with Crippen LogP contribution in [0.5, 0.6) is 0 Å². The Bertz CT molecular complexity index is 1110. The van der Waals surface area contributed by atoms with Gasteiger partial charge in [0.15, 0.2) is 0 Å². The molecule has 0 atom stereocenters. The second kappa shape index (κ2) is 7.32. The first kappa shape index (κ1) is 18.0. The lowest BCUT2D eigenvalue weighted by molar-refractivity contribution is -0.115. The number of carbonyl (C=O) groups is 1. The molecule has 142 valence electrons. The number of amides is 1. The molecule has 4 rings (SSSR count). The summed E-state index contributed by atoms with van der Waals surface area (Å²) in [7, 11) is -3.74. The van der Waals surface area contributed by atoms with Crippen molar-refractivity contribution in [3.8, 4) is 0 Å². The molecule has 0 fully saturated rings. The second-order valence-corrected chi connectivity index (χ2v) is 8.12. The zero-order chi connectivity index (χ0) is 19.6. The van der Waals surface area contributed by atoms with E-state index in [0.29, 0.717) is 23.5 Å². The first-order valence-corrected chi connectivity index (χ1v) is 10.2. The molecule has 2 heterocycles. The molecule has 0 radical (unpaired) electrons. The molecular weight excluding hydrogens is 376 g/mol. The summed E-state index contributed by atoms with van der Waals surface area (Å²) in [6.45, 7) is 0.648. The van der Waals surface area contributed by atoms with E-state index >= 15 is 0 Å². The molecule has 1 aromatic heterocycles. The highest BCUT2D eigenvalue weighted by Gasteiger charge is 2.21. The first-order chi connectivity index (χ1) is 13.5. The molecule has 3 aromatic rings. The van der Waals surface area contributed by atoms with E-state index in [4.69, 9.17) is 0 Å².